The lowest BCUT2D eigenvalue weighted by molar-refractivity contribution is -0.386. The van der Waals surface area contributed by atoms with E-state index in [9.17, 15) is 19.7 Å². The summed E-state index contributed by atoms with van der Waals surface area (Å²) in [5.41, 5.74) is -1.13. The van der Waals surface area contributed by atoms with Gasteiger partial charge in [-0.2, -0.15) is 0 Å². The monoisotopic (exact) mass is 222 g/mol. The summed E-state index contributed by atoms with van der Waals surface area (Å²) in [4.78, 5) is 32.4. The van der Waals surface area contributed by atoms with Gasteiger partial charge in [0.25, 0.3) is 5.43 Å². The van der Waals surface area contributed by atoms with Crippen LogP contribution in [0, 0.1) is 16.0 Å². The molecule has 0 spiro atoms. The second kappa shape index (κ2) is 3.88. The van der Waals surface area contributed by atoms with Gasteiger partial charge in [-0.1, -0.05) is 0 Å². The molecule has 0 bridgehead atoms. The van der Waals surface area contributed by atoms with Crippen LogP contribution in [0.4, 0.5) is 5.69 Å². The molecule has 6 heteroatoms. The summed E-state index contributed by atoms with van der Waals surface area (Å²) >= 11 is 0. The van der Waals surface area contributed by atoms with Gasteiger partial charge in [-0.3, -0.25) is 19.7 Å². The Labute approximate surface area is 90.7 Å². The maximum Gasteiger partial charge on any atom is 0.332 e. The van der Waals surface area contributed by atoms with Crippen LogP contribution in [0.15, 0.2) is 23.3 Å². The van der Waals surface area contributed by atoms with Crippen molar-refractivity contribution in [1.82, 2.24) is 4.57 Å². The van der Waals surface area contributed by atoms with E-state index in [0.717, 1.165) is 25.1 Å². The number of rotatable bonds is 4. The third kappa shape index (κ3) is 2.16. The number of hydrogen-bond donors (Lipinski definition) is 0. The van der Waals surface area contributed by atoms with Crippen LogP contribution in [0.2, 0.25) is 0 Å². The van der Waals surface area contributed by atoms with Crippen LogP contribution in [0.1, 0.15) is 12.8 Å². The molecule has 1 aromatic rings. The van der Waals surface area contributed by atoms with Gasteiger partial charge in [0.15, 0.2) is 5.78 Å². The van der Waals surface area contributed by atoms with Crippen LogP contribution >= 0.6 is 0 Å². The Hall–Kier alpha value is -1.98. The minimum Gasteiger partial charge on any atom is -0.341 e. The van der Waals surface area contributed by atoms with Gasteiger partial charge < -0.3 is 4.57 Å². The molecule has 1 saturated carbocycles. The van der Waals surface area contributed by atoms with Crippen molar-refractivity contribution < 1.29 is 9.72 Å². The Balaban J connectivity index is 2.21. The quantitative estimate of drug-likeness (QED) is 0.555. The average molecular weight is 222 g/mol. The first-order valence-electron chi connectivity index (χ1n) is 4.95. The lowest BCUT2D eigenvalue weighted by Crippen LogP contribution is -2.15. The highest BCUT2D eigenvalue weighted by molar-refractivity contribution is 5.82. The summed E-state index contributed by atoms with van der Waals surface area (Å²) < 4.78 is 1.39. The fraction of sp³-hybridized carbons (Fsp3) is 0.400. The maximum atomic E-state index is 11.5. The van der Waals surface area contributed by atoms with Gasteiger partial charge in [-0.25, -0.2) is 0 Å². The first-order chi connectivity index (χ1) is 7.58. The zero-order valence-electron chi connectivity index (χ0n) is 8.46. The van der Waals surface area contributed by atoms with Crippen LogP contribution in [-0.4, -0.2) is 15.3 Å². The van der Waals surface area contributed by atoms with E-state index in [1.807, 2.05) is 0 Å². The molecular formula is C10H10N2O4. The molecule has 16 heavy (non-hydrogen) atoms. The molecule has 84 valence electrons. The fourth-order valence-corrected chi connectivity index (χ4v) is 1.46. The number of carbonyl (C=O) groups is 1. The topological polar surface area (TPSA) is 82.2 Å². The number of Topliss-reactive ketones (excluding diaryl/α,β-unsaturated/α-hetero) is 1. The standard InChI is InChI=1S/C10H10N2O4/c13-9-3-4-11(5-8(9)12(15)16)6-10(14)7-1-2-7/h3-5,7H,1-2,6H2. The van der Waals surface area contributed by atoms with Gasteiger partial charge in [0, 0.05) is 18.2 Å². The normalized spacial score (nSPS) is 14.8. The van der Waals surface area contributed by atoms with Gasteiger partial charge >= 0.3 is 5.69 Å². The molecule has 0 unspecified atom stereocenters. The van der Waals surface area contributed by atoms with Crippen LogP contribution in [0.3, 0.4) is 0 Å². The van der Waals surface area contributed by atoms with Crippen molar-refractivity contribution in [1.29, 1.82) is 0 Å². The maximum absolute atomic E-state index is 11.5. The highest BCUT2D eigenvalue weighted by atomic mass is 16.6. The van der Waals surface area contributed by atoms with Gasteiger partial charge in [-0.05, 0) is 12.8 Å². The average Bonchev–Trinajstić information content (AvgIpc) is 3.03. The van der Waals surface area contributed by atoms with Crippen molar-refractivity contribution in [2.45, 2.75) is 19.4 Å². The molecular weight excluding hydrogens is 212 g/mol. The molecule has 0 aliphatic heterocycles. The van der Waals surface area contributed by atoms with Gasteiger partial charge in [0.1, 0.15) is 0 Å². The molecule has 0 radical (unpaired) electrons. The summed E-state index contributed by atoms with van der Waals surface area (Å²) in [5.74, 6) is 0.177. The highest BCUT2D eigenvalue weighted by Gasteiger charge is 2.29. The fourth-order valence-electron chi connectivity index (χ4n) is 1.46. The Morgan fingerprint density at radius 2 is 2.25 bits per heavy atom. The van der Waals surface area contributed by atoms with Crippen molar-refractivity contribution in [2.24, 2.45) is 5.92 Å². The summed E-state index contributed by atoms with van der Waals surface area (Å²) in [7, 11) is 0. The Morgan fingerprint density at radius 1 is 1.56 bits per heavy atom. The molecule has 0 saturated heterocycles. The van der Waals surface area contributed by atoms with E-state index in [2.05, 4.69) is 0 Å². The summed E-state index contributed by atoms with van der Waals surface area (Å²) in [6, 6.07) is 1.11. The number of aromatic nitrogens is 1. The zero-order chi connectivity index (χ0) is 11.7. The number of nitro groups is 1. The van der Waals surface area contributed by atoms with E-state index in [1.54, 1.807) is 0 Å². The SMILES string of the molecule is O=C(Cn1ccc(=O)c([N+](=O)[O-])c1)C1CC1. The minimum absolute atomic E-state index is 0.0675. The van der Waals surface area contributed by atoms with Crippen LogP contribution in [0.25, 0.3) is 0 Å². The van der Waals surface area contributed by atoms with Gasteiger partial charge in [-0.15, -0.1) is 0 Å². The van der Waals surface area contributed by atoms with Gasteiger partial charge in [0.05, 0.1) is 17.7 Å². The van der Waals surface area contributed by atoms with Crippen molar-refractivity contribution in [3.8, 4) is 0 Å². The van der Waals surface area contributed by atoms with E-state index in [-0.39, 0.29) is 18.2 Å². The molecule has 1 aromatic heterocycles. The van der Waals surface area contributed by atoms with Gasteiger partial charge in [0.2, 0.25) is 0 Å². The Morgan fingerprint density at radius 3 is 2.81 bits per heavy atom. The smallest absolute Gasteiger partial charge is 0.332 e. The summed E-state index contributed by atoms with van der Waals surface area (Å²) in [6.07, 6.45) is 4.32. The predicted molar refractivity (Wildman–Crippen MR) is 55.1 cm³/mol. The predicted octanol–water partition coefficient (Wildman–Crippen LogP) is 0.736. The third-order valence-corrected chi connectivity index (χ3v) is 2.53. The second-order valence-electron chi connectivity index (χ2n) is 3.86. The molecule has 1 heterocycles. The third-order valence-electron chi connectivity index (χ3n) is 2.53. The van der Waals surface area contributed by atoms with Crippen molar-refractivity contribution in [3.63, 3.8) is 0 Å². The van der Waals surface area contributed by atoms with Crippen LogP contribution in [0.5, 0.6) is 0 Å². The molecule has 1 aliphatic rings. The summed E-state index contributed by atoms with van der Waals surface area (Å²) in [5, 5.41) is 10.5. The molecule has 0 amide bonds. The molecule has 0 atom stereocenters. The first-order valence-corrected chi connectivity index (χ1v) is 4.95. The molecule has 1 fully saturated rings. The van der Waals surface area contributed by atoms with Crippen molar-refractivity contribution in [2.75, 3.05) is 0 Å². The minimum atomic E-state index is -0.736. The number of carbonyl (C=O) groups excluding carboxylic acids is 1. The lowest BCUT2D eigenvalue weighted by atomic mass is 10.2. The van der Waals surface area contributed by atoms with Crippen LogP contribution < -0.4 is 5.43 Å². The zero-order valence-corrected chi connectivity index (χ0v) is 8.46. The largest absolute Gasteiger partial charge is 0.341 e. The van der Waals surface area contributed by atoms with Crippen LogP contribution in [-0.2, 0) is 11.3 Å². The van der Waals surface area contributed by atoms with E-state index in [1.165, 1.54) is 10.8 Å². The highest BCUT2D eigenvalue weighted by Crippen LogP contribution is 2.30. The lowest BCUT2D eigenvalue weighted by Gasteiger charge is -2.03. The Kier molecular flexibility index (Phi) is 2.55. The number of pyridine rings is 1. The van der Waals surface area contributed by atoms with E-state index in [4.69, 9.17) is 0 Å². The molecule has 6 nitrogen and oxygen atoms in total. The second-order valence-corrected chi connectivity index (χ2v) is 3.86. The van der Waals surface area contributed by atoms with Crippen molar-refractivity contribution >= 4 is 11.5 Å². The first kappa shape index (κ1) is 10.5. The molecule has 0 N–H and O–H groups in total. The number of nitrogens with zero attached hydrogens (tertiary/aromatic N) is 2. The van der Waals surface area contributed by atoms with Crippen molar-refractivity contribution in [3.05, 3.63) is 38.8 Å². The Bertz CT molecular complexity index is 502. The van der Waals surface area contributed by atoms with E-state index in [0.29, 0.717) is 0 Å². The number of ketones is 1. The molecule has 1 aliphatic carbocycles. The number of hydrogen-bond acceptors (Lipinski definition) is 4. The molecule has 0 aromatic carbocycles. The van der Waals surface area contributed by atoms with E-state index < -0.39 is 16.0 Å². The molecule has 2 rings (SSSR count). The van der Waals surface area contributed by atoms with E-state index >= 15 is 0 Å². The summed E-state index contributed by atoms with van der Waals surface area (Å²) in [6.45, 7) is 0.103.